The number of β-lactam (4-membered cyclic amide) rings is 1. The summed E-state index contributed by atoms with van der Waals surface area (Å²) in [5, 5.41) is 1.11. The lowest BCUT2D eigenvalue weighted by atomic mass is 10.1. The van der Waals surface area contributed by atoms with Crippen LogP contribution in [0.4, 0.5) is 0 Å². The van der Waals surface area contributed by atoms with Crippen LogP contribution in [0.3, 0.4) is 0 Å². The number of fused-ring (bicyclic) bond motifs is 1. The summed E-state index contributed by atoms with van der Waals surface area (Å²) < 4.78 is 0. The zero-order valence-corrected chi connectivity index (χ0v) is 10.1. The van der Waals surface area contributed by atoms with Gasteiger partial charge in [-0.2, -0.15) is 0 Å². The Hall–Kier alpha value is -0.440. The van der Waals surface area contributed by atoms with Gasteiger partial charge in [-0.05, 0) is 6.42 Å². The molecule has 0 saturated carbocycles. The Balaban J connectivity index is 1.70. The number of nitrogens with zero attached hydrogens (tertiary/aromatic N) is 1. The van der Waals surface area contributed by atoms with Gasteiger partial charge in [-0.25, -0.2) is 0 Å². The third-order valence-electron chi connectivity index (χ3n) is 3.08. The van der Waals surface area contributed by atoms with Crippen molar-refractivity contribution in [1.82, 2.24) is 4.90 Å². The maximum Gasteiger partial charge on any atom is 0.230 e. The van der Waals surface area contributed by atoms with Crippen molar-refractivity contribution in [3.8, 4) is 0 Å². The second-order valence-electron chi connectivity index (χ2n) is 4.33. The fourth-order valence-electron chi connectivity index (χ4n) is 2.07. The molecule has 3 heteroatoms. The molecule has 2 atom stereocenters. The van der Waals surface area contributed by atoms with Gasteiger partial charge in [0.2, 0.25) is 5.91 Å². The van der Waals surface area contributed by atoms with E-state index in [1.807, 2.05) is 22.9 Å². The van der Waals surface area contributed by atoms with Gasteiger partial charge in [-0.3, -0.25) is 4.79 Å². The number of amides is 1. The summed E-state index contributed by atoms with van der Waals surface area (Å²) in [6.07, 6.45) is 11.6. The zero-order chi connectivity index (χ0) is 10.7. The third kappa shape index (κ3) is 2.57. The Kier molecular flexibility index (Phi) is 3.73. The van der Waals surface area contributed by atoms with Gasteiger partial charge >= 0.3 is 0 Å². The van der Waals surface area contributed by atoms with Crippen LogP contribution in [-0.4, -0.2) is 21.4 Å². The molecule has 0 radical (unpaired) electrons. The van der Waals surface area contributed by atoms with E-state index in [0.29, 0.717) is 10.6 Å². The molecular formula is C12H19NOS. The van der Waals surface area contributed by atoms with Crippen LogP contribution in [0.25, 0.3) is 0 Å². The van der Waals surface area contributed by atoms with Gasteiger partial charge in [0.25, 0.3) is 0 Å². The lowest BCUT2D eigenvalue weighted by Gasteiger charge is -2.41. The minimum absolute atomic E-state index is 0.285. The van der Waals surface area contributed by atoms with Gasteiger partial charge < -0.3 is 4.90 Å². The highest BCUT2D eigenvalue weighted by Gasteiger charge is 2.38. The number of carbonyl (C=O) groups is 1. The SMILES string of the molecule is CCCCCCC1C=CN2C(=O)C[C@H]2S1. The highest BCUT2D eigenvalue weighted by atomic mass is 32.2. The summed E-state index contributed by atoms with van der Waals surface area (Å²) in [6.45, 7) is 2.24. The van der Waals surface area contributed by atoms with E-state index in [-0.39, 0.29) is 5.91 Å². The first-order valence-corrected chi connectivity index (χ1v) is 6.90. The van der Waals surface area contributed by atoms with Crippen LogP contribution in [0.15, 0.2) is 12.3 Å². The number of unbranched alkanes of at least 4 members (excludes halogenated alkanes) is 3. The van der Waals surface area contributed by atoms with Gasteiger partial charge in [0.05, 0.1) is 11.8 Å². The standard InChI is InChI=1S/C12H19NOS/c1-2-3-4-5-6-10-7-8-13-11(14)9-12(13)15-10/h7-8,10,12H,2-6,9H2,1H3/t10?,12-/m1/s1. The molecule has 0 bridgehead atoms. The van der Waals surface area contributed by atoms with Crippen LogP contribution < -0.4 is 0 Å². The molecule has 2 nitrogen and oxygen atoms in total. The van der Waals surface area contributed by atoms with Crippen LogP contribution >= 0.6 is 11.8 Å². The Labute approximate surface area is 96.1 Å². The fourth-order valence-corrected chi connectivity index (χ4v) is 3.49. The van der Waals surface area contributed by atoms with E-state index in [2.05, 4.69) is 13.0 Å². The molecule has 0 aromatic heterocycles. The molecule has 2 rings (SSSR count). The Morgan fingerprint density at radius 1 is 1.47 bits per heavy atom. The molecule has 0 spiro atoms. The van der Waals surface area contributed by atoms with E-state index in [1.165, 1.54) is 32.1 Å². The van der Waals surface area contributed by atoms with Crippen molar-refractivity contribution < 1.29 is 4.79 Å². The van der Waals surface area contributed by atoms with Crippen LogP contribution in [-0.2, 0) is 4.79 Å². The van der Waals surface area contributed by atoms with E-state index in [4.69, 9.17) is 0 Å². The van der Waals surface area contributed by atoms with Crippen LogP contribution in [0, 0.1) is 0 Å². The molecule has 1 unspecified atom stereocenters. The van der Waals surface area contributed by atoms with Crippen molar-refractivity contribution in [3.05, 3.63) is 12.3 Å². The Morgan fingerprint density at radius 3 is 3.00 bits per heavy atom. The minimum atomic E-state index is 0.285. The first-order chi connectivity index (χ1) is 7.31. The van der Waals surface area contributed by atoms with Crippen LogP contribution in [0.1, 0.15) is 45.4 Å². The molecule has 1 fully saturated rings. The largest absolute Gasteiger partial charge is 0.306 e. The maximum atomic E-state index is 11.1. The normalized spacial score (nSPS) is 28.9. The monoisotopic (exact) mass is 225 g/mol. The highest BCUT2D eigenvalue weighted by Crippen LogP contribution is 2.38. The number of hydrogen-bond donors (Lipinski definition) is 0. The number of carbonyl (C=O) groups excluding carboxylic acids is 1. The van der Waals surface area contributed by atoms with Gasteiger partial charge in [0.15, 0.2) is 0 Å². The van der Waals surface area contributed by atoms with Crippen LogP contribution in [0.5, 0.6) is 0 Å². The Morgan fingerprint density at radius 2 is 2.33 bits per heavy atom. The molecule has 2 heterocycles. The quantitative estimate of drug-likeness (QED) is 0.529. The lowest BCUT2D eigenvalue weighted by molar-refractivity contribution is -0.137. The summed E-state index contributed by atoms with van der Waals surface area (Å²) in [7, 11) is 0. The van der Waals surface area contributed by atoms with E-state index < -0.39 is 0 Å². The molecule has 0 N–H and O–H groups in total. The van der Waals surface area contributed by atoms with Gasteiger partial charge in [-0.15, -0.1) is 11.8 Å². The second kappa shape index (κ2) is 5.06. The molecule has 0 aliphatic carbocycles. The van der Waals surface area contributed by atoms with E-state index in [9.17, 15) is 4.79 Å². The van der Waals surface area contributed by atoms with Crippen molar-refractivity contribution in [2.24, 2.45) is 0 Å². The number of hydrogen-bond acceptors (Lipinski definition) is 2. The van der Waals surface area contributed by atoms with E-state index >= 15 is 0 Å². The second-order valence-corrected chi connectivity index (χ2v) is 5.75. The lowest BCUT2D eigenvalue weighted by Crippen LogP contribution is -2.49. The molecule has 1 amide bonds. The minimum Gasteiger partial charge on any atom is -0.306 e. The Bertz CT molecular complexity index is 264. The average Bonchev–Trinajstić information content (AvgIpc) is 2.23. The molecule has 15 heavy (non-hydrogen) atoms. The van der Waals surface area contributed by atoms with Crippen molar-refractivity contribution in [1.29, 1.82) is 0 Å². The summed E-state index contributed by atoms with van der Waals surface area (Å²) in [6, 6.07) is 0. The number of rotatable bonds is 5. The molecular weight excluding hydrogens is 206 g/mol. The van der Waals surface area contributed by atoms with Crippen LogP contribution in [0.2, 0.25) is 0 Å². The van der Waals surface area contributed by atoms with Crippen molar-refractivity contribution in [2.45, 2.75) is 56.1 Å². The molecule has 2 aliphatic heterocycles. The summed E-state index contributed by atoms with van der Waals surface area (Å²) in [4.78, 5) is 13.0. The van der Waals surface area contributed by atoms with Crippen molar-refractivity contribution in [3.63, 3.8) is 0 Å². The predicted octanol–water partition coefficient (Wildman–Crippen LogP) is 3.14. The van der Waals surface area contributed by atoms with Gasteiger partial charge in [0, 0.05) is 11.4 Å². The van der Waals surface area contributed by atoms with Gasteiger partial charge in [0.1, 0.15) is 0 Å². The van der Waals surface area contributed by atoms with E-state index in [1.54, 1.807) is 0 Å². The first-order valence-electron chi connectivity index (χ1n) is 5.96. The summed E-state index contributed by atoms with van der Waals surface area (Å²) in [5.41, 5.74) is 0. The molecule has 84 valence electrons. The topological polar surface area (TPSA) is 20.3 Å². The number of thioether (sulfide) groups is 1. The van der Waals surface area contributed by atoms with Crippen molar-refractivity contribution in [2.75, 3.05) is 0 Å². The smallest absolute Gasteiger partial charge is 0.230 e. The summed E-state index contributed by atoms with van der Waals surface area (Å²) in [5.74, 6) is 0.285. The van der Waals surface area contributed by atoms with Crippen molar-refractivity contribution >= 4 is 17.7 Å². The molecule has 0 aromatic rings. The fraction of sp³-hybridized carbons (Fsp3) is 0.750. The average molecular weight is 225 g/mol. The van der Waals surface area contributed by atoms with Gasteiger partial charge in [-0.1, -0.05) is 38.7 Å². The first kappa shape index (κ1) is 11.1. The summed E-state index contributed by atoms with van der Waals surface area (Å²) >= 11 is 1.96. The predicted molar refractivity (Wildman–Crippen MR) is 64.5 cm³/mol. The zero-order valence-electron chi connectivity index (χ0n) is 9.32. The highest BCUT2D eigenvalue weighted by molar-refractivity contribution is 8.00. The van der Waals surface area contributed by atoms with E-state index in [0.717, 1.165) is 6.42 Å². The molecule has 2 aliphatic rings. The third-order valence-corrected chi connectivity index (χ3v) is 4.53. The molecule has 1 saturated heterocycles. The maximum absolute atomic E-state index is 11.1. The molecule has 0 aromatic carbocycles.